The van der Waals surface area contributed by atoms with Gasteiger partial charge in [-0.15, -0.1) is 0 Å². The normalized spacial score (nSPS) is 10.8. The molecule has 2 rings (SSSR count). The van der Waals surface area contributed by atoms with Crippen molar-refractivity contribution in [2.45, 2.75) is 0 Å². The fourth-order valence-corrected chi connectivity index (χ4v) is 1.29. The van der Waals surface area contributed by atoms with Crippen LogP contribution in [0.3, 0.4) is 0 Å². The molecule has 0 saturated heterocycles. The van der Waals surface area contributed by atoms with Gasteiger partial charge in [0, 0.05) is 7.05 Å². The van der Waals surface area contributed by atoms with E-state index in [4.69, 9.17) is 12.2 Å². The lowest BCUT2D eigenvalue weighted by molar-refractivity contribution is 0.790. The number of hydrogen-bond acceptors (Lipinski definition) is 3. The zero-order valence-electron chi connectivity index (χ0n) is 6.67. The van der Waals surface area contributed by atoms with E-state index in [9.17, 15) is 9.59 Å². The molecule has 2 heterocycles. The van der Waals surface area contributed by atoms with Gasteiger partial charge in [0.25, 0.3) is 5.56 Å². The SMILES string of the molecule is Cn1c(=O)[nH]c2[nH]c(=S)[nH]c2c1=O. The summed E-state index contributed by atoms with van der Waals surface area (Å²) in [4.78, 5) is 30.3. The maximum absolute atomic E-state index is 11.4. The van der Waals surface area contributed by atoms with E-state index >= 15 is 0 Å². The van der Waals surface area contributed by atoms with Gasteiger partial charge in [0.05, 0.1) is 0 Å². The highest BCUT2D eigenvalue weighted by molar-refractivity contribution is 7.71. The van der Waals surface area contributed by atoms with Gasteiger partial charge in [-0.1, -0.05) is 0 Å². The van der Waals surface area contributed by atoms with Gasteiger partial charge in [0.1, 0.15) is 11.2 Å². The molecule has 0 spiro atoms. The average Bonchev–Trinajstić information content (AvgIpc) is 2.42. The first kappa shape index (κ1) is 7.99. The Morgan fingerprint density at radius 3 is 2.62 bits per heavy atom. The Hall–Kier alpha value is -1.63. The number of hydrogen-bond donors (Lipinski definition) is 3. The highest BCUT2D eigenvalue weighted by Crippen LogP contribution is 1.96. The Balaban J connectivity index is 3.19. The quantitative estimate of drug-likeness (QED) is 0.504. The molecule has 0 aliphatic carbocycles. The Bertz CT molecular complexity index is 628. The predicted octanol–water partition coefficient (Wildman–Crippen LogP) is -0.388. The first-order valence-corrected chi connectivity index (χ1v) is 3.92. The van der Waals surface area contributed by atoms with Crippen molar-refractivity contribution in [3.05, 3.63) is 25.6 Å². The van der Waals surface area contributed by atoms with Gasteiger partial charge in [0.2, 0.25) is 0 Å². The molecule has 13 heavy (non-hydrogen) atoms. The van der Waals surface area contributed by atoms with Gasteiger partial charge >= 0.3 is 5.69 Å². The number of rotatable bonds is 0. The van der Waals surface area contributed by atoms with Crippen LogP contribution in [0.5, 0.6) is 0 Å². The van der Waals surface area contributed by atoms with Crippen molar-refractivity contribution in [2.24, 2.45) is 7.05 Å². The Labute approximate surface area is 76.2 Å². The third kappa shape index (κ3) is 1.04. The van der Waals surface area contributed by atoms with Crippen LogP contribution in [0.15, 0.2) is 9.59 Å². The molecule has 68 valence electrons. The van der Waals surface area contributed by atoms with E-state index in [1.54, 1.807) is 0 Å². The lowest BCUT2D eigenvalue weighted by Crippen LogP contribution is -2.32. The summed E-state index contributed by atoms with van der Waals surface area (Å²) in [5.74, 6) is 0. The van der Waals surface area contributed by atoms with Crippen LogP contribution in [0.1, 0.15) is 0 Å². The molecule has 7 heteroatoms. The summed E-state index contributed by atoms with van der Waals surface area (Å²) in [6.45, 7) is 0. The van der Waals surface area contributed by atoms with E-state index < -0.39 is 11.2 Å². The average molecular weight is 198 g/mol. The largest absolute Gasteiger partial charge is 0.329 e. The van der Waals surface area contributed by atoms with Crippen molar-refractivity contribution in [3.8, 4) is 0 Å². The van der Waals surface area contributed by atoms with Crippen molar-refractivity contribution < 1.29 is 0 Å². The fraction of sp³-hybridized carbons (Fsp3) is 0.167. The number of nitrogens with zero attached hydrogens (tertiary/aromatic N) is 1. The van der Waals surface area contributed by atoms with Crippen molar-refractivity contribution >= 4 is 23.4 Å². The first-order chi connectivity index (χ1) is 6.09. The van der Waals surface area contributed by atoms with E-state index in [2.05, 4.69) is 15.0 Å². The number of nitrogens with one attached hydrogen (secondary N) is 3. The Morgan fingerprint density at radius 2 is 1.92 bits per heavy atom. The predicted molar refractivity (Wildman–Crippen MR) is 49.3 cm³/mol. The molecule has 0 unspecified atom stereocenters. The second kappa shape index (κ2) is 2.43. The Kier molecular flexibility index (Phi) is 1.49. The monoisotopic (exact) mass is 198 g/mol. The van der Waals surface area contributed by atoms with E-state index in [1.807, 2.05) is 0 Å². The van der Waals surface area contributed by atoms with E-state index in [0.29, 0.717) is 10.4 Å². The zero-order valence-corrected chi connectivity index (χ0v) is 7.49. The molecule has 2 aromatic heterocycles. The number of imidazole rings is 1. The molecule has 0 atom stereocenters. The van der Waals surface area contributed by atoms with Gasteiger partial charge in [-0.05, 0) is 12.2 Å². The molecule has 0 amide bonds. The molecule has 0 bridgehead atoms. The summed E-state index contributed by atoms with van der Waals surface area (Å²) in [5.41, 5.74) is -0.251. The molecule has 0 fully saturated rings. The van der Waals surface area contributed by atoms with Gasteiger partial charge in [-0.3, -0.25) is 14.3 Å². The van der Waals surface area contributed by atoms with Crippen molar-refractivity contribution in [3.63, 3.8) is 0 Å². The third-order valence-electron chi connectivity index (χ3n) is 1.78. The summed E-state index contributed by atoms with van der Waals surface area (Å²) in [7, 11) is 1.39. The van der Waals surface area contributed by atoms with Crippen LogP contribution >= 0.6 is 12.2 Å². The highest BCUT2D eigenvalue weighted by Gasteiger charge is 2.05. The van der Waals surface area contributed by atoms with Crippen LogP contribution in [0, 0.1) is 4.77 Å². The molecule has 3 N–H and O–H groups in total. The van der Waals surface area contributed by atoms with Crippen LogP contribution in [0.2, 0.25) is 0 Å². The van der Waals surface area contributed by atoms with Gasteiger partial charge in [-0.25, -0.2) is 4.79 Å². The van der Waals surface area contributed by atoms with Crippen LogP contribution in [0.4, 0.5) is 0 Å². The van der Waals surface area contributed by atoms with Crippen LogP contribution in [0.25, 0.3) is 11.2 Å². The van der Waals surface area contributed by atoms with Gasteiger partial charge in [0.15, 0.2) is 4.77 Å². The number of fused-ring (bicyclic) bond motifs is 1. The molecular weight excluding hydrogens is 192 g/mol. The van der Waals surface area contributed by atoms with Gasteiger partial charge in [-0.2, -0.15) is 0 Å². The molecule has 0 aromatic carbocycles. The molecule has 0 radical (unpaired) electrons. The van der Waals surface area contributed by atoms with Crippen LogP contribution in [-0.4, -0.2) is 19.5 Å². The Morgan fingerprint density at radius 1 is 1.23 bits per heavy atom. The number of aromatic amines is 3. The lowest BCUT2D eigenvalue weighted by Gasteiger charge is -1.93. The summed E-state index contributed by atoms with van der Waals surface area (Å²) >= 11 is 4.78. The fourth-order valence-electron chi connectivity index (χ4n) is 1.09. The minimum atomic E-state index is -0.470. The molecule has 2 aromatic rings. The molecule has 0 aliphatic rings. The molecule has 0 saturated carbocycles. The van der Waals surface area contributed by atoms with E-state index in [1.165, 1.54) is 7.05 Å². The third-order valence-corrected chi connectivity index (χ3v) is 1.99. The highest BCUT2D eigenvalue weighted by atomic mass is 32.1. The second-order valence-corrected chi connectivity index (χ2v) is 3.03. The minimum absolute atomic E-state index is 0.284. The van der Waals surface area contributed by atoms with Gasteiger partial charge < -0.3 is 9.97 Å². The smallest absolute Gasteiger partial charge is 0.325 e. The summed E-state index contributed by atoms with van der Waals surface area (Å²) in [6, 6.07) is 0. The summed E-state index contributed by atoms with van der Waals surface area (Å²) in [6.07, 6.45) is 0. The molecular formula is C6H6N4O2S. The van der Waals surface area contributed by atoms with Crippen molar-refractivity contribution in [1.82, 2.24) is 19.5 Å². The lowest BCUT2D eigenvalue weighted by atomic mass is 10.5. The topological polar surface area (TPSA) is 86.4 Å². The first-order valence-electron chi connectivity index (χ1n) is 3.51. The van der Waals surface area contributed by atoms with E-state index in [0.717, 1.165) is 4.57 Å². The second-order valence-electron chi connectivity index (χ2n) is 2.62. The van der Waals surface area contributed by atoms with Crippen LogP contribution < -0.4 is 11.2 Å². The van der Waals surface area contributed by atoms with Crippen molar-refractivity contribution in [1.29, 1.82) is 0 Å². The molecule has 6 nitrogen and oxygen atoms in total. The van der Waals surface area contributed by atoms with Crippen LogP contribution in [-0.2, 0) is 7.05 Å². The van der Waals surface area contributed by atoms with E-state index in [-0.39, 0.29) is 5.52 Å². The minimum Gasteiger partial charge on any atom is -0.325 e. The number of H-pyrrole nitrogens is 3. The summed E-state index contributed by atoms with van der Waals surface area (Å²) < 4.78 is 1.29. The van der Waals surface area contributed by atoms with Crippen molar-refractivity contribution in [2.75, 3.05) is 0 Å². The number of aromatic nitrogens is 4. The zero-order chi connectivity index (χ0) is 9.59. The maximum Gasteiger partial charge on any atom is 0.329 e. The standard InChI is InChI=1S/C6H6N4O2S/c1-10-4(11)2-3(9-6(10)12)8-5(13)7-2/h1H3,(H,9,12)(H2,7,8,13). The maximum atomic E-state index is 11.4. The molecule has 0 aliphatic heterocycles. The summed E-state index contributed by atoms with van der Waals surface area (Å²) in [5, 5.41) is 0.